The Balaban J connectivity index is 3.32. The van der Waals surface area contributed by atoms with Crippen molar-refractivity contribution in [3.05, 3.63) is 0 Å². The minimum absolute atomic E-state index is 0.819. The molecule has 0 amide bonds. The molecule has 1 aliphatic rings. The Labute approximate surface area is 129 Å². The first-order valence-electron chi connectivity index (χ1n) is 9.11. The molecule has 0 aromatic rings. The van der Waals surface area contributed by atoms with Gasteiger partial charge >= 0.3 is 0 Å². The molecular weight excluding hydrogens is 240 g/mol. The lowest BCUT2D eigenvalue weighted by molar-refractivity contribution is 0.131. The molecule has 0 unspecified atom stereocenters. The summed E-state index contributed by atoms with van der Waals surface area (Å²) in [4.78, 5) is 0. The smallest absolute Gasteiger partial charge is 0.0324 e. The van der Waals surface area contributed by atoms with Crippen molar-refractivity contribution in [1.82, 2.24) is 0 Å². The molecule has 0 spiro atoms. The van der Waals surface area contributed by atoms with Crippen molar-refractivity contribution in [2.24, 2.45) is 59.2 Å². The van der Waals surface area contributed by atoms with Crippen molar-refractivity contribution in [2.45, 2.75) is 69.2 Å². The molecule has 0 aromatic carbocycles. The zero-order valence-electron chi connectivity index (χ0n) is 15.8. The van der Waals surface area contributed by atoms with Gasteiger partial charge in [-0.2, -0.15) is 0 Å². The summed E-state index contributed by atoms with van der Waals surface area (Å²) in [5.74, 6) is 8.66. The Morgan fingerprint density at radius 1 is 0.300 bits per heavy atom. The third-order valence-electron chi connectivity index (χ3n) is 6.07. The van der Waals surface area contributed by atoms with E-state index in [1.165, 1.54) is 0 Å². The maximum absolute atomic E-state index is 2.47. The molecule has 1 rings (SSSR count). The van der Waals surface area contributed by atoms with Crippen LogP contribution in [0.25, 0.3) is 0 Å². The third kappa shape index (κ3) is 3.25. The highest BCUT2D eigenvalue weighted by molar-refractivity contribution is 5.01. The van der Waals surface area contributed by atoms with Crippen LogP contribution in [0.1, 0.15) is 69.2 Å². The maximum Gasteiger partial charge on any atom is -0.0324 e. The minimum Gasteiger partial charge on any atom is -0.0625 e. The van der Waals surface area contributed by atoms with Crippen LogP contribution in [0.15, 0.2) is 0 Å². The third-order valence-corrected chi connectivity index (χ3v) is 6.07. The highest BCUT2D eigenvalue weighted by Gasteiger charge is 2.54. The lowest BCUT2D eigenvalue weighted by atomic mass is 9.70. The molecule has 0 saturated heterocycles. The second-order valence-electron chi connectivity index (χ2n) is 9.11. The van der Waals surface area contributed by atoms with Crippen LogP contribution in [0.4, 0.5) is 0 Å². The van der Waals surface area contributed by atoms with Crippen LogP contribution < -0.4 is 0 Å². The standard InChI is InChI=1S/C20H40/c1-11(2)16-17(12(3)4)19(14(7)8)20(15(9)10)18(16)13(5)6/h11-20H,1-10H3. The fourth-order valence-corrected chi connectivity index (χ4v) is 5.73. The van der Waals surface area contributed by atoms with Crippen LogP contribution in [0.2, 0.25) is 0 Å². The van der Waals surface area contributed by atoms with Gasteiger partial charge in [0.2, 0.25) is 0 Å². The SMILES string of the molecule is CC(C)C1C(C(C)C)C(C(C)C)C(C(C)C)C1C(C)C. The van der Waals surface area contributed by atoms with Crippen LogP contribution in [-0.4, -0.2) is 0 Å². The molecule has 20 heavy (non-hydrogen) atoms. The molecule has 0 heterocycles. The highest BCUT2D eigenvalue weighted by Crippen LogP contribution is 2.58. The Morgan fingerprint density at radius 2 is 0.400 bits per heavy atom. The van der Waals surface area contributed by atoms with Gasteiger partial charge in [-0.3, -0.25) is 0 Å². The summed E-state index contributed by atoms with van der Waals surface area (Å²) in [6.45, 7) is 24.7. The molecule has 0 aliphatic heterocycles. The van der Waals surface area contributed by atoms with Gasteiger partial charge in [0.25, 0.3) is 0 Å². The van der Waals surface area contributed by atoms with Crippen molar-refractivity contribution in [3.8, 4) is 0 Å². The van der Waals surface area contributed by atoms with E-state index in [0.717, 1.165) is 59.2 Å². The number of hydrogen-bond acceptors (Lipinski definition) is 0. The second kappa shape index (κ2) is 6.84. The van der Waals surface area contributed by atoms with Gasteiger partial charge in [-0.1, -0.05) is 69.2 Å². The fourth-order valence-electron chi connectivity index (χ4n) is 5.73. The lowest BCUT2D eigenvalue weighted by Crippen LogP contribution is -2.29. The topological polar surface area (TPSA) is 0 Å². The average molecular weight is 281 g/mol. The van der Waals surface area contributed by atoms with E-state index in [0.29, 0.717) is 0 Å². The van der Waals surface area contributed by atoms with Crippen LogP contribution in [0.3, 0.4) is 0 Å². The second-order valence-corrected chi connectivity index (χ2v) is 9.11. The van der Waals surface area contributed by atoms with E-state index < -0.39 is 0 Å². The lowest BCUT2D eigenvalue weighted by Gasteiger charge is -2.35. The quantitative estimate of drug-likeness (QED) is 0.549. The largest absolute Gasteiger partial charge is 0.0625 e. The van der Waals surface area contributed by atoms with E-state index in [4.69, 9.17) is 0 Å². The van der Waals surface area contributed by atoms with Crippen LogP contribution >= 0.6 is 0 Å². The van der Waals surface area contributed by atoms with Crippen LogP contribution in [0, 0.1) is 59.2 Å². The Hall–Kier alpha value is 0. The zero-order valence-corrected chi connectivity index (χ0v) is 15.8. The summed E-state index contributed by atoms with van der Waals surface area (Å²) in [7, 11) is 0. The molecule has 0 bridgehead atoms. The van der Waals surface area contributed by atoms with Gasteiger partial charge < -0.3 is 0 Å². The van der Waals surface area contributed by atoms with Gasteiger partial charge in [-0.15, -0.1) is 0 Å². The van der Waals surface area contributed by atoms with Crippen molar-refractivity contribution in [3.63, 3.8) is 0 Å². The molecule has 0 aromatic heterocycles. The molecule has 1 fully saturated rings. The van der Waals surface area contributed by atoms with Crippen molar-refractivity contribution in [1.29, 1.82) is 0 Å². The summed E-state index contributed by atoms with van der Waals surface area (Å²) in [6, 6.07) is 0. The van der Waals surface area contributed by atoms with Crippen LogP contribution in [-0.2, 0) is 0 Å². The van der Waals surface area contributed by atoms with Crippen molar-refractivity contribution < 1.29 is 0 Å². The summed E-state index contributed by atoms with van der Waals surface area (Å²) in [5, 5.41) is 0. The molecular formula is C20H40. The summed E-state index contributed by atoms with van der Waals surface area (Å²) >= 11 is 0. The number of rotatable bonds is 5. The van der Waals surface area contributed by atoms with Crippen molar-refractivity contribution >= 4 is 0 Å². The van der Waals surface area contributed by atoms with E-state index in [9.17, 15) is 0 Å². The van der Waals surface area contributed by atoms with Crippen molar-refractivity contribution in [2.75, 3.05) is 0 Å². The normalized spacial score (nSPS) is 35.2. The summed E-state index contributed by atoms with van der Waals surface area (Å²) < 4.78 is 0. The molecule has 120 valence electrons. The average Bonchev–Trinajstić information content (AvgIpc) is 2.64. The first kappa shape index (κ1) is 18.1. The van der Waals surface area contributed by atoms with Gasteiger partial charge in [0.15, 0.2) is 0 Å². The van der Waals surface area contributed by atoms with E-state index in [-0.39, 0.29) is 0 Å². The van der Waals surface area contributed by atoms with Crippen LogP contribution in [0.5, 0.6) is 0 Å². The minimum atomic E-state index is 0.819. The number of hydrogen-bond donors (Lipinski definition) is 0. The Bertz CT molecular complexity index is 205. The fraction of sp³-hybridized carbons (Fsp3) is 1.00. The van der Waals surface area contributed by atoms with E-state index in [1.54, 1.807) is 0 Å². The van der Waals surface area contributed by atoms with Gasteiger partial charge in [0.1, 0.15) is 0 Å². The molecule has 0 atom stereocenters. The first-order chi connectivity index (χ1) is 9.11. The monoisotopic (exact) mass is 280 g/mol. The van der Waals surface area contributed by atoms with E-state index >= 15 is 0 Å². The molecule has 1 aliphatic carbocycles. The van der Waals surface area contributed by atoms with Gasteiger partial charge in [0.05, 0.1) is 0 Å². The van der Waals surface area contributed by atoms with Gasteiger partial charge in [0, 0.05) is 0 Å². The molecule has 0 heteroatoms. The zero-order chi connectivity index (χ0) is 15.8. The molecule has 1 saturated carbocycles. The molecule has 0 N–H and O–H groups in total. The summed E-state index contributed by atoms with van der Waals surface area (Å²) in [5.41, 5.74) is 0. The van der Waals surface area contributed by atoms with E-state index in [1.807, 2.05) is 0 Å². The highest BCUT2D eigenvalue weighted by atomic mass is 14.6. The molecule has 0 radical (unpaired) electrons. The predicted octanol–water partition coefficient (Wildman–Crippen LogP) is 6.36. The maximum atomic E-state index is 2.47. The Morgan fingerprint density at radius 3 is 0.450 bits per heavy atom. The summed E-state index contributed by atoms with van der Waals surface area (Å²) in [6.07, 6.45) is 0. The van der Waals surface area contributed by atoms with Gasteiger partial charge in [-0.25, -0.2) is 0 Å². The molecule has 0 nitrogen and oxygen atoms in total. The van der Waals surface area contributed by atoms with E-state index in [2.05, 4.69) is 69.2 Å². The predicted molar refractivity (Wildman–Crippen MR) is 91.6 cm³/mol. The first-order valence-corrected chi connectivity index (χ1v) is 9.11. The Kier molecular flexibility index (Phi) is 6.17. The van der Waals surface area contributed by atoms with Gasteiger partial charge in [-0.05, 0) is 59.2 Å².